The van der Waals surface area contributed by atoms with Gasteiger partial charge in [0.2, 0.25) is 0 Å². The van der Waals surface area contributed by atoms with Gasteiger partial charge in [-0.3, -0.25) is 4.79 Å². The van der Waals surface area contributed by atoms with Crippen molar-refractivity contribution in [3.05, 3.63) is 64.0 Å². The van der Waals surface area contributed by atoms with Crippen LogP contribution in [0.2, 0.25) is 0 Å². The molecule has 0 saturated heterocycles. The normalized spacial score (nSPS) is 10.8. The number of nitrogens with one attached hydrogen (secondary N) is 1. The zero-order valence-corrected chi connectivity index (χ0v) is 14.9. The van der Waals surface area contributed by atoms with Crippen molar-refractivity contribution in [1.29, 1.82) is 0 Å². The van der Waals surface area contributed by atoms with Crippen LogP contribution >= 0.6 is 15.9 Å². The van der Waals surface area contributed by atoms with Gasteiger partial charge in [-0.05, 0) is 42.5 Å². The van der Waals surface area contributed by atoms with Crippen molar-refractivity contribution >= 4 is 32.7 Å². The molecule has 0 atom stereocenters. The van der Waals surface area contributed by atoms with Crippen molar-refractivity contribution < 1.29 is 13.9 Å². The number of benzene rings is 2. The number of halogens is 2. The fraction of sp³-hybridized carbons (Fsp3) is 0.167. The van der Waals surface area contributed by atoms with Crippen LogP contribution in [0.1, 0.15) is 16.1 Å². The highest BCUT2D eigenvalue weighted by Gasteiger charge is 2.16. The molecule has 124 valence electrons. The summed E-state index contributed by atoms with van der Waals surface area (Å²) < 4.78 is 19.5. The molecular weight excluding hydrogens is 375 g/mol. The van der Waals surface area contributed by atoms with Crippen LogP contribution in [-0.2, 0) is 6.54 Å². The molecule has 0 bridgehead atoms. The monoisotopic (exact) mass is 390 g/mol. The van der Waals surface area contributed by atoms with Crippen LogP contribution in [0.15, 0.2) is 46.9 Å². The SMILES string of the molecule is COc1ccc(Br)cc1CN(C)C(=O)c1cc2cc(F)ccc2[nH]1. The second-order valence-corrected chi connectivity index (χ2v) is 6.45. The number of hydrogen-bond acceptors (Lipinski definition) is 2. The van der Waals surface area contributed by atoms with Crippen molar-refractivity contribution in [2.24, 2.45) is 0 Å². The molecule has 0 fully saturated rings. The first kappa shape index (κ1) is 16.5. The van der Waals surface area contributed by atoms with Gasteiger partial charge in [-0.25, -0.2) is 4.39 Å². The minimum Gasteiger partial charge on any atom is -0.496 e. The Morgan fingerprint density at radius 1 is 1.25 bits per heavy atom. The van der Waals surface area contributed by atoms with Crippen LogP contribution in [0.5, 0.6) is 5.75 Å². The van der Waals surface area contributed by atoms with Crippen LogP contribution in [0.25, 0.3) is 10.9 Å². The summed E-state index contributed by atoms with van der Waals surface area (Å²) in [5.41, 5.74) is 2.05. The molecule has 3 aromatic rings. The smallest absolute Gasteiger partial charge is 0.270 e. The summed E-state index contributed by atoms with van der Waals surface area (Å²) in [5.74, 6) is 0.220. The van der Waals surface area contributed by atoms with E-state index in [0.717, 1.165) is 21.3 Å². The molecule has 2 aromatic carbocycles. The highest BCUT2D eigenvalue weighted by molar-refractivity contribution is 9.10. The first-order valence-corrected chi connectivity index (χ1v) is 8.13. The number of aromatic nitrogens is 1. The zero-order chi connectivity index (χ0) is 17.3. The average Bonchev–Trinajstić information content (AvgIpc) is 2.97. The highest BCUT2D eigenvalue weighted by Crippen LogP contribution is 2.25. The van der Waals surface area contributed by atoms with E-state index in [0.29, 0.717) is 17.6 Å². The van der Waals surface area contributed by atoms with Gasteiger partial charge in [0.15, 0.2) is 0 Å². The maximum atomic E-state index is 13.3. The summed E-state index contributed by atoms with van der Waals surface area (Å²) in [5, 5.41) is 0.673. The van der Waals surface area contributed by atoms with Gasteiger partial charge < -0.3 is 14.6 Å². The second kappa shape index (κ2) is 6.65. The number of nitrogens with zero attached hydrogens (tertiary/aromatic N) is 1. The highest BCUT2D eigenvalue weighted by atomic mass is 79.9. The topological polar surface area (TPSA) is 45.3 Å². The Labute approximate surface area is 147 Å². The second-order valence-electron chi connectivity index (χ2n) is 5.53. The third-order valence-electron chi connectivity index (χ3n) is 3.81. The largest absolute Gasteiger partial charge is 0.496 e. The van der Waals surface area contributed by atoms with Gasteiger partial charge >= 0.3 is 0 Å². The van der Waals surface area contributed by atoms with Crippen LogP contribution in [0.4, 0.5) is 4.39 Å². The lowest BCUT2D eigenvalue weighted by Crippen LogP contribution is -2.26. The van der Waals surface area contributed by atoms with Gasteiger partial charge in [0.05, 0.1) is 7.11 Å². The van der Waals surface area contributed by atoms with E-state index in [1.165, 1.54) is 12.1 Å². The number of rotatable bonds is 4. The lowest BCUT2D eigenvalue weighted by atomic mass is 10.2. The molecule has 0 saturated carbocycles. The van der Waals surface area contributed by atoms with E-state index >= 15 is 0 Å². The Balaban J connectivity index is 1.85. The Morgan fingerprint density at radius 2 is 2.04 bits per heavy atom. The minimum atomic E-state index is -0.326. The summed E-state index contributed by atoms with van der Waals surface area (Å²) in [7, 11) is 3.32. The number of hydrogen-bond donors (Lipinski definition) is 1. The van der Waals surface area contributed by atoms with Gasteiger partial charge in [-0.15, -0.1) is 0 Å². The molecule has 0 radical (unpaired) electrons. The van der Waals surface area contributed by atoms with Crippen LogP contribution < -0.4 is 4.74 Å². The zero-order valence-electron chi connectivity index (χ0n) is 13.3. The molecule has 0 aliphatic carbocycles. The number of methoxy groups -OCH3 is 1. The average molecular weight is 391 g/mol. The summed E-state index contributed by atoms with van der Waals surface area (Å²) in [6.45, 7) is 0.394. The molecule has 24 heavy (non-hydrogen) atoms. The van der Waals surface area contributed by atoms with Crippen molar-refractivity contribution in [3.8, 4) is 5.75 Å². The van der Waals surface area contributed by atoms with Crippen LogP contribution in [0.3, 0.4) is 0 Å². The van der Waals surface area contributed by atoms with E-state index in [2.05, 4.69) is 20.9 Å². The Hall–Kier alpha value is -2.34. The van der Waals surface area contributed by atoms with Gasteiger partial charge in [-0.2, -0.15) is 0 Å². The molecule has 6 heteroatoms. The van der Waals surface area contributed by atoms with Crippen molar-refractivity contribution in [2.75, 3.05) is 14.2 Å². The molecule has 0 unspecified atom stereocenters. The van der Waals surface area contributed by atoms with E-state index in [1.807, 2.05) is 18.2 Å². The van der Waals surface area contributed by atoms with E-state index in [-0.39, 0.29) is 11.7 Å². The summed E-state index contributed by atoms with van der Waals surface area (Å²) in [6, 6.07) is 11.7. The molecule has 1 N–H and O–H groups in total. The Bertz CT molecular complexity index is 907. The summed E-state index contributed by atoms with van der Waals surface area (Å²) in [4.78, 5) is 17.3. The fourth-order valence-electron chi connectivity index (χ4n) is 2.62. The maximum absolute atomic E-state index is 13.3. The lowest BCUT2D eigenvalue weighted by Gasteiger charge is -2.18. The number of ether oxygens (including phenoxy) is 1. The number of carbonyl (C=O) groups excluding carboxylic acids is 1. The van der Waals surface area contributed by atoms with Crippen molar-refractivity contribution in [3.63, 3.8) is 0 Å². The van der Waals surface area contributed by atoms with E-state index in [4.69, 9.17) is 4.74 Å². The molecule has 1 aromatic heterocycles. The molecule has 0 aliphatic rings. The molecule has 3 rings (SSSR count). The summed E-state index contributed by atoms with van der Waals surface area (Å²) in [6.07, 6.45) is 0. The maximum Gasteiger partial charge on any atom is 0.270 e. The van der Waals surface area contributed by atoms with Gasteiger partial charge in [0, 0.05) is 34.5 Å². The van der Waals surface area contributed by atoms with Crippen LogP contribution in [0, 0.1) is 5.82 Å². The van der Waals surface area contributed by atoms with Crippen molar-refractivity contribution in [1.82, 2.24) is 9.88 Å². The van der Waals surface area contributed by atoms with Crippen LogP contribution in [-0.4, -0.2) is 29.9 Å². The third kappa shape index (κ3) is 3.28. The predicted molar refractivity (Wildman–Crippen MR) is 94.7 cm³/mol. The fourth-order valence-corrected chi connectivity index (χ4v) is 3.03. The standard InChI is InChI=1S/C18H16BrFN2O2/c1-22(10-12-7-13(19)3-6-17(12)24-2)18(23)16-9-11-8-14(20)4-5-15(11)21-16/h3-9,21H,10H2,1-2H3. The van der Waals surface area contributed by atoms with E-state index < -0.39 is 0 Å². The van der Waals surface area contributed by atoms with Gasteiger partial charge in [0.1, 0.15) is 17.3 Å². The third-order valence-corrected chi connectivity index (χ3v) is 4.30. The summed E-state index contributed by atoms with van der Waals surface area (Å²) >= 11 is 3.43. The number of fused-ring (bicyclic) bond motifs is 1. The quantitative estimate of drug-likeness (QED) is 0.719. The number of aromatic amines is 1. The van der Waals surface area contributed by atoms with Gasteiger partial charge in [-0.1, -0.05) is 15.9 Å². The Kier molecular flexibility index (Phi) is 4.57. The lowest BCUT2D eigenvalue weighted by molar-refractivity contribution is 0.0779. The molecule has 0 spiro atoms. The van der Waals surface area contributed by atoms with E-state index in [1.54, 1.807) is 31.2 Å². The molecule has 1 amide bonds. The number of amides is 1. The van der Waals surface area contributed by atoms with Crippen molar-refractivity contribution in [2.45, 2.75) is 6.54 Å². The van der Waals surface area contributed by atoms with Gasteiger partial charge in [0.25, 0.3) is 5.91 Å². The molecule has 0 aliphatic heterocycles. The number of H-pyrrole nitrogens is 1. The minimum absolute atomic E-state index is 0.173. The number of carbonyl (C=O) groups is 1. The first-order chi connectivity index (χ1) is 11.5. The van der Waals surface area contributed by atoms with E-state index in [9.17, 15) is 9.18 Å². The molecular formula is C18H16BrFN2O2. The molecule has 4 nitrogen and oxygen atoms in total. The first-order valence-electron chi connectivity index (χ1n) is 7.34. The predicted octanol–water partition coefficient (Wildman–Crippen LogP) is 4.35. The Morgan fingerprint density at radius 3 is 2.79 bits per heavy atom. The molecule has 1 heterocycles.